The molecule has 0 spiro atoms. The van der Waals surface area contributed by atoms with E-state index in [4.69, 9.17) is 9.52 Å². The van der Waals surface area contributed by atoms with Crippen LogP contribution in [0, 0.1) is 0 Å². The van der Waals surface area contributed by atoms with Crippen LogP contribution in [-0.4, -0.2) is 59.2 Å². The van der Waals surface area contributed by atoms with Gasteiger partial charge in [-0.1, -0.05) is 0 Å². The van der Waals surface area contributed by atoms with Gasteiger partial charge < -0.3 is 19.3 Å². The van der Waals surface area contributed by atoms with Crippen molar-refractivity contribution in [2.75, 3.05) is 38.1 Å². The number of anilines is 1. The van der Waals surface area contributed by atoms with Crippen molar-refractivity contribution in [3.63, 3.8) is 0 Å². The third-order valence-corrected chi connectivity index (χ3v) is 3.53. The first kappa shape index (κ1) is 13.6. The van der Waals surface area contributed by atoms with Crippen LogP contribution in [0.15, 0.2) is 28.9 Å². The highest BCUT2D eigenvalue weighted by atomic mass is 16.4. The second kappa shape index (κ2) is 5.53. The Hall–Kier alpha value is -2.41. The highest BCUT2D eigenvalue weighted by Crippen LogP contribution is 2.22. The summed E-state index contributed by atoms with van der Waals surface area (Å²) in [7, 11) is 2.10. The standard InChI is InChI=1S/C14H16N4O3/c1-17-4-6-18(7-5-17)14-15-8-10(9-16-14)11-2-3-12(21-11)13(19)20/h2-3,8-9H,4-7H2,1H3,(H,19,20). The Morgan fingerprint density at radius 1 is 1.19 bits per heavy atom. The summed E-state index contributed by atoms with van der Waals surface area (Å²) in [5.74, 6) is -0.0291. The van der Waals surface area contributed by atoms with Gasteiger partial charge in [0.25, 0.3) is 0 Å². The van der Waals surface area contributed by atoms with Gasteiger partial charge in [0.05, 0.1) is 5.56 Å². The number of aromatic carboxylic acids is 1. The van der Waals surface area contributed by atoms with Gasteiger partial charge in [-0.25, -0.2) is 14.8 Å². The molecular formula is C14H16N4O3. The van der Waals surface area contributed by atoms with Crippen molar-refractivity contribution in [2.24, 2.45) is 0 Å². The summed E-state index contributed by atoms with van der Waals surface area (Å²) in [6.45, 7) is 3.79. The number of furan rings is 1. The Labute approximate surface area is 121 Å². The van der Waals surface area contributed by atoms with Gasteiger partial charge in [0.2, 0.25) is 11.7 Å². The summed E-state index contributed by atoms with van der Waals surface area (Å²) in [4.78, 5) is 23.9. The smallest absolute Gasteiger partial charge is 0.371 e. The minimum absolute atomic E-state index is 0.0897. The molecule has 0 bridgehead atoms. The molecule has 3 heterocycles. The number of likely N-dealkylation sites (N-methyl/N-ethyl adjacent to an activating group) is 1. The molecule has 21 heavy (non-hydrogen) atoms. The molecule has 0 aromatic carbocycles. The third kappa shape index (κ3) is 2.87. The van der Waals surface area contributed by atoms with Crippen LogP contribution in [0.1, 0.15) is 10.6 Å². The van der Waals surface area contributed by atoms with Crippen molar-refractivity contribution < 1.29 is 14.3 Å². The number of nitrogens with zero attached hydrogens (tertiary/aromatic N) is 4. The number of hydrogen-bond donors (Lipinski definition) is 1. The maximum atomic E-state index is 10.8. The number of rotatable bonds is 3. The Morgan fingerprint density at radius 3 is 2.43 bits per heavy atom. The normalized spacial score (nSPS) is 16.1. The Balaban J connectivity index is 1.75. The minimum Gasteiger partial charge on any atom is -0.475 e. The minimum atomic E-state index is -1.09. The van der Waals surface area contributed by atoms with E-state index in [1.165, 1.54) is 6.07 Å². The third-order valence-electron chi connectivity index (χ3n) is 3.53. The van der Waals surface area contributed by atoms with E-state index in [9.17, 15) is 4.79 Å². The summed E-state index contributed by atoms with van der Waals surface area (Å²) in [6.07, 6.45) is 3.32. The summed E-state index contributed by atoms with van der Waals surface area (Å²) < 4.78 is 5.23. The predicted octanol–water partition coefficient (Wildman–Crippen LogP) is 1.19. The molecule has 2 aromatic rings. The van der Waals surface area contributed by atoms with Crippen molar-refractivity contribution in [1.29, 1.82) is 0 Å². The zero-order valence-electron chi connectivity index (χ0n) is 11.7. The number of piperazine rings is 1. The van der Waals surface area contributed by atoms with Crippen LogP contribution in [-0.2, 0) is 0 Å². The summed E-state index contributed by atoms with van der Waals surface area (Å²) in [6, 6.07) is 3.03. The van der Waals surface area contributed by atoms with Gasteiger partial charge in [-0.15, -0.1) is 0 Å². The lowest BCUT2D eigenvalue weighted by molar-refractivity contribution is 0.0663. The molecule has 1 aliphatic rings. The highest BCUT2D eigenvalue weighted by molar-refractivity contribution is 5.85. The van der Waals surface area contributed by atoms with Gasteiger partial charge in [0.1, 0.15) is 5.76 Å². The SMILES string of the molecule is CN1CCN(c2ncc(-c3ccc(C(=O)O)o3)cn2)CC1. The van der Waals surface area contributed by atoms with Crippen molar-refractivity contribution in [3.8, 4) is 11.3 Å². The van der Waals surface area contributed by atoms with E-state index in [0.717, 1.165) is 26.2 Å². The molecule has 7 heteroatoms. The van der Waals surface area contributed by atoms with Gasteiger partial charge in [-0.2, -0.15) is 0 Å². The van der Waals surface area contributed by atoms with Crippen LogP contribution in [0.3, 0.4) is 0 Å². The van der Waals surface area contributed by atoms with Gasteiger partial charge in [0, 0.05) is 38.6 Å². The molecule has 1 aliphatic heterocycles. The summed E-state index contributed by atoms with van der Waals surface area (Å²) >= 11 is 0. The number of hydrogen-bond acceptors (Lipinski definition) is 6. The first-order chi connectivity index (χ1) is 10.1. The van der Waals surface area contributed by atoms with Crippen molar-refractivity contribution >= 4 is 11.9 Å². The molecule has 110 valence electrons. The maximum Gasteiger partial charge on any atom is 0.371 e. The topological polar surface area (TPSA) is 82.7 Å². The van der Waals surface area contributed by atoms with Crippen LogP contribution >= 0.6 is 0 Å². The number of carboxylic acids is 1. The van der Waals surface area contributed by atoms with E-state index < -0.39 is 5.97 Å². The largest absolute Gasteiger partial charge is 0.475 e. The number of aromatic nitrogens is 2. The number of carbonyl (C=O) groups is 1. The quantitative estimate of drug-likeness (QED) is 0.908. The zero-order chi connectivity index (χ0) is 14.8. The Bertz CT molecular complexity index is 630. The lowest BCUT2D eigenvalue weighted by Crippen LogP contribution is -2.45. The van der Waals surface area contributed by atoms with Gasteiger partial charge in [-0.05, 0) is 19.2 Å². The van der Waals surface area contributed by atoms with Crippen LogP contribution in [0.2, 0.25) is 0 Å². The van der Waals surface area contributed by atoms with E-state index in [1.54, 1.807) is 18.5 Å². The van der Waals surface area contributed by atoms with E-state index >= 15 is 0 Å². The molecule has 2 aromatic heterocycles. The van der Waals surface area contributed by atoms with Crippen LogP contribution in [0.4, 0.5) is 5.95 Å². The fraction of sp³-hybridized carbons (Fsp3) is 0.357. The fourth-order valence-corrected chi connectivity index (χ4v) is 2.23. The van der Waals surface area contributed by atoms with E-state index in [2.05, 4.69) is 26.8 Å². The molecule has 1 N–H and O–H groups in total. The van der Waals surface area contributed by atoms with E-state index in [-0.39, 0.29) is 5.76 Å². The highest BCUT2D eigenvalue weighted by Gasteiger charge is 2.17. The van der Waals surface area contributed by atoms with Crippen molar-refractivity contribution in [2.45, 2.75) is 0 Å². The molecule has 1 saturated heterocycles. The maximum absolute atomic E-state index is 10.8. The molecule has 0 atom stereocenters. The second-order valence-corrected chi connectivity index (χ2v) is 5.03. The van der Waals surface area contributed by atoms with Crippen LogP contribution in [0.5, 0.6) is 0 Å². The van der Waals surface area contributed by atoms with Gasteiger partial charge >= 0.3 is 5.97 Å². The van der Waals surface area contributed by atoms with Gasteiger partial charge in [0.15, 0.2) is 0 Å². The molecule has 0 radical (unpaired) electrons. The Kier molecular flexibility index (Phi) is 3.57. The lowest BCUT2D eigenvalue weighted by Gasteiger charge is -2.32. The molecule has 0 aliphatic carbocycles. The molecule has 3 rings (SSSR count). The van der Waals surface area contributed by atoms with Crippen molar-refractivity contribution in [1.82, 2.24) is 14.9 Å². The summed E-state index contributed by atoms with van der Waals surface area (Å²) in [5, 5.41) is 8.85. The molecule has 0 unspecified atom stereocenters. The lowest BCUT2D eigenvalue weighted by atomic mass is 10.2. The zero-order valence-corrected chi connectivity index (χ0v) is 11.7. The molecular weight excluding hydrogens is 272 g/mol. The predicted molar refractivity (Wildman–Crippen MR) is 76.4 cm³/mol. The van der Waals surface area contributed by atoms with Crippen molar-refractivity contribution in [3.05, 3.63) is 30.3 Å². The van der Waals surface area contributed by atoms with Crippen LogP contribution < -0.4 is 4.90 Å². The number of carboxylic acid groups (broad SMARTS) is 1. The molecule has 0 amide bonds. The van der Waals surface area contributed by atoms with Gasteiger partial charge in [-0.3, -0.25) is 0 Å². The molecule has 0 saturated carbocycles. The fourth-order valence-electron chi connectivity index (χ4n) is 2.23. The monoisotopic (exact) mass is 288 g/mol. The Morgan fingerprint density at radius 2 is 1.86 bits per heavy atom. The van der Waals surface area contributed by atoms with Crippen LogP contribution in [0.25, 0.3) is 11.3 Å². The average Bonchev–Trinajstić information content (AvgIpc) is 2.98. The molecule has 1 fully saturated rings. The summed E-state index contributed by atoms with van der Waals surface area (Å²) in [5.41, 5.74) is 0.667. The van der Waals surface area contributed by atoms with E-state index in [1.807, 2.05) is 0 Å². The first-order valence-electron chi connectivity index (χ1n) is 6.72. The first-order valence-corrected chi connectivity index (χ1v) is 6.72. The second-order valence-electron chi connectivity index (χ2n) is 5.03. The average molecular weight is 288 g/mol. The van der Waals surface area contributed by atoms with E-state index in [0.29, 0.717) is 17.3 Å². The molecule has 7 nitrogen and oxygen atoms in total.